The molecule has 0 saturated heterocycles. The Balaban J connectivity index is 3.08. The van der Waals surface area contributed by atoms with E-state index in [2.05, 4.69) is 0 Å². The summed E-state index contributed by atoms with van der Waals surface area (Å²) in [7, 11) is -4.23. The number of carbonyl (C=O) groups is 2. The summed E-state index contributed by atoms with van der Waals surface area (Å²) in [6.07, 6.45) is -0.894. The molecule has 0 N–H and O–H groups in total. The monoisotopic (exact) mass is 314 g/mol. The summed E-state index contributed by atoms with van der Waals surface area (Å²) in [5.41, 5.74) is 0. The smallest absolute Gasteiger partial charge is 0.307 e. The topological polar surface area (TPSA) is 84.0 Å². The number of rotatable bonds is 4. The average Bonchev–Trinajstić information content (AvgIpc) is 2.46. The second kappa shape index (κ2) is 7.07. The molecule has 1 rings (SSSR count). The zero-order valence-electron chi connectivity index (χ0n) is 12.1. The minimum absolute atomic E-state index is 0.114. The molecule has 0 heterocycles. The van der Waals surface area contributed by atoms with E-state index in [1.807, 2.05) is 0 Å². The molecule has 0 aliphatic carbocycles. The van der Waals surface area contributed by atoms with E-state index >= 15 is 0 Å². The van der Waals surface area contributed by atoms with Crippen molar-refractivity contribution in [2.24, 2.45) is 0 Å². The van der Waals surface area contributed by atoms with Crippen molar-refractivity contribution in [2.75, 3.05) is 13.1 Å². The molecule has 7 nitrogen and oxygen atoms in total. The predicted octanol–water partition coefficient (Wildman–Crippen LogP) is 1.62. The van der Waals surface area contributed by atoms with Crippen molar-refractivity contribution >= 4 is 22.0 Å². The molecule has 0 radical (unpaired) electrons. The van der Waals surface area contributed by atoms with Crippen LogP contribution in [0, 0.1) is 0 Å². The number of carbonyl (C=O) groups excluding carboxylic acids is 2. The van der Waals surface area contributed by atoms with Gasteiger partial charge in [-0.2, -0.15) is 8.42 Å². The van der Waals surface area contributed by atoms with E-state index < -0.39 is 22.0 Å². The normalized spacial score (nSPS) is 10.8. The fourth-order valence-corrected chi connectivity index (χ4v) is 2.77. The highest BCUT2D eigenvalue weighted by atomic mass is 32.2. The third-order valence-corrected chi connectivity index (χ3v) is 4.34. The minimum atomic E-state index is -4.23. The fraction of sp³-hybridized carbons (Fsp3) is 0.385. The molecular weight excluding hydrogens is 296 g/mol. The van der Waals surface area contributed by atoms with Crippen LogP contribution in [-0.2, 0) is 19.7 Å². The number of amides is 2. The van der Waals surface area contributed by atoms with Crippen LogP contribution in [0.15, 0.2) is 35.2 Å². The van der Waals surface area contributed by atoms with Gasteiger partial charge in [0.05, 0.1) is 4.90 Å². The second-order valence-electron chi connectivity index (χ2n) is 4.09. The van der Waals surface area contributed by atoms with Gasteiger partial charge in [-0.25, -0.2) is 4.79 Å². The first-order valence-corrected chi connectivity index (χ1v) is 7.86. The van der Waals surface area contributed by atoms with Gasteiger partial charge >= 0.3 is 6.09 Å². The van der Waals surface area contributed by atoms with Crippen LogP contribution in [0.5, 0.6) is 0 Å². The zero-order valence-corrected chi connectivity index (χ0v) is 13.0. The maximum atomic E-state index is 12.3. The van der Waals surface area contributed by atoms with Gasteiger partial charge in [-0.15, -0.1) is 0 Å². The van der Waals surface area contributed by atoms with E-state index in [-0.39, 0.29) is 9.36 Å². The number of hydroxylamine groups is 1. The second-order valence-corrected chi connectivity index (χ2v) is 5.85. The van der Waals surface area contributed by atoms with Crippen LogP contribution in [0.25, 0.3) is 0 Å². The van der Waals surface area contributed by atoms with Crippen LogP contribution in [-0.4, -0.2) is 42.9 Å². The highest BCUT2D eigenvalue weighted by Crippen LogP contribution is 2.16. The summed E-state index contributed by atoms with van der Waals surface area (Å²) in [5.74, 6) is -0.903. The van der Waals surface area contributed by atoms with E-state index in [9.17, 15) is 18.0 Å². The van der Waals surface area contributed by atoms with Gasteiger partial charge in [-0.1, -0.05) is 22.7 Å². The summed E-state index contributed by atoms with van der Waals surface area (Å²) in [5, 5.41) is 0. The molecule has 1 aromatic rings. The van der Waals surface area contributed by atoms with Crippen molar-refractivity contribution in [3.05, 3.63) is 30.3 Å². The molecule has 0 fully saturated rings. The molecule has 0 atom stereocenters. The molecule has 0 aliphatic rings. The standard InChI is InChI=1S/C13H18N2O5S/c1-4-14(5-2)13(17)20-15(11(3)16)21(18,19)12-9-7-6-8-10-12/h6-10H,4-5H2,1-3H3. The van der Waals surface area contributed by atoms with Gasteiger partial charge in [0.2, 0.25) is 0 Å². The molecule has 0 unspecified atom stereocenters. The van der Waals surface area contributed by atoms with E-state index in [0.29, 0.717) is 13.1 Å². The van der Waals surface area contributed by atoms with Crippen LogP contribution in [0.2, 0.25) is 0 Å². The molecule has 1 aromatic carbocycles. The molecule has 0 aliphatic heterocycles. The third-order valence-electron chi connectivity index (χ3n) is 2.70. The summed E-state index contributed by atoms with van der Waals surface area (Å²) in [4.78, 5) is 29.3. The fourth-order valence-electron chi connectivity index (χ4n) is 1.58. The Morgan fingerprint density at radius 3 is 2.05 bits per heavy atom. The molecule has 0 spiro atoms. The van der Waals surface area contributed by atoms with E-state index in [1.165, 1.54) is 29.2 Å². The van der Waals surface area contributed by atoms with Gasteiger partial charge in [0.1, 0.15) is 0 Å². The summed E-state index contributed by atoms with van der Waals surface area (Å²) in [6.45, 7) is 5.12. The number of hydrogen-bond donors (Lipinski definition) is 0. The Morgan fingerprint density at radius 2 is 1.62 bits per heavy atom. The third kappa shape index (κ3) is 3.94. The lowest BCUT2D eigenvalue weighted by Crippen LogP contribution is -2.42. The van der Waals surface area contributed by atoms with Crippen LogP contribution in [0.1, 0.15) is 20.8 Å². The van der Waals surface area contributed by atoms with Crippen LogP contribution in [0.3, 0.4) is 0 Å². The molecule has 0 aromatic heterocycles. The van der Waals surface area contributed by atoms with Crippen molar-refractivity contribution < 1.29 is 22.8 Å². The predicted molar refractivity (Wildman–Crippen MR) is 75.5 cm³/mol. The van der Waals surface area contributed by atoms with Crippen molar-refractivity contribution in [1.82, 2.24) is 9.37 Å². The number of nitrogens with zero attached hydrogens (tertiary/aromatic N) is 2. The molecular formula is C13H18N2O5S. The Labute approximate surface area is 124 Å². The Kier molecular flexibility index (Phi) is 5.71. The zero-order chi connectivity index (χ0) is 16.0. The summed E-state index contributed by atoms with van der Waals surface area (Å²) < 4.78 is 24.7. The molecule has 8 heteroatoms. The molecule has 0 saturated carbocycles. The van der Waals surface area contributed by atoms with Gasteiger partial charge in [-0.3, -0.25) is 4.79 Å². The highest BCUT2D eigenvalue weighted by Gasteiger charge is 2.32. The van der Waals surface area contributed by atoms with Crippen LogP contribution < -0.4 is 0 Å². The molecule has 116 valence electrons. The lowest BCUT2D eigenvalue weighted by atomic mass is 10.4. The van der Waals surface area contributed by atoms with Gasteiger partial charge in [0, 0.05) is 20.0 Å². The number of sulfonamides is 1. The SMILES string of the molecule is CCN(CC)C(=O)ON(C(C)=O)S(=O)(=O)c1ccccc1. The first-order chi connectivity index (χ1) is 9.84. The van der Waals surface area contributed by atoms with Crippen molar-refractivity contribution in [3.63, 3.8) is 0 Å². The molecule has 2 amide bonds. The van der Waals surface area contributed by atoms with Gasteiger partial charge < -0.3 is 9.74 Å². The van der Waals surface area contributed by atoms with Crippen molar-refractivity contribution in [3.8, 4) is 0 Å². The first kappa shape index (κ1) is 17.0. The molecule has 21 heavy (non-hydrogen) atoms. The van der Waals surface area contributed by atoms with Crippen LogP contribution in [0.4, 0.5) is 4.79 Å². The lowest BCUT2D eigenvalue weighted by molar-refractivity contribution is -0.145. The average molecular weight is 314 g/mol. The van der Waals surface area contributed by atoms with Gasteiger partial charge in [0.15, 0.2) is 0 Å². The maximum absolute atomic E-state index is 12.3. The lowest BCUT2D eigenvalue weighted by Gasteiger charge is -2.23. The Bertz CT molecular complexity index is 596. The first-order valence-electron chi connectivity index (χ1n) is 6.42. The highest BCUT2D eigenvalue weighted by molar-refractivity contribution is 7.89. The van der Waals surface area contributed by atoms with E-state index in [4.69, 9.17) is 4.84 Å². The Morgan fingerprint density at radius 1 is 1.10 bits per heavy atom. The van der Waals surface area contributed by atoms with Gasteiger partial charge in [-0.05, 0) is 26.0 Å². The molecule has 0 bridgehead atoms. The number of hydrogen-bond acceptors (Lipinski definition) is 5. The number of benzene rings is 1. The largest absolute Gasteiger partial charge is 0.435 e. The summed E-state index contributed by atoms with van der Waals surface area (Å²) in [6, 6.07) is 7.29. The van der Waals surface area contributed by atoms with Crippen molar-refractivity contribution in [2.45, 2.75) is 25.7 Å². The quantitative estimate of drug-likeness (QED) is 0.788. The minimum Gasteiger partial charge on any atom is -0.307 e. The van der Waals surface area contributed by atoms with E-state index in [1.54, 1.807) is 19.9 Å². The van der Waals surface area contributed by atoms with Gasteiger partial charge in [0.25, 0.3) is 15.9 Å². The Hall–Kier alpha value is -2.09. The van der Waals surface area contributed by atoms with E-state index in [0.717, 1.165) is 6.92 Å². The summed E-state index contributed by atoms with van der Waals surface area (Å²) >= 11 is 0. The van der Waals surface area contributed by atoms with Crippen molar-refractivity contribution in [1.29, 1.82) is 0 Å². The van der Waals surface area contributed by atoms with Crippen LogP contribution >= 0.6 is 0 Å². The maximum Gasteiger partial charge on any atom is 0.435 e.